The monoisotopic (exact) mass is 963 g/mol. The summed E-state index contributed by atoms with van der Waals surface area (Å²) in [4.78, 5) is 25.3. The lowest BCUT2D eigenvalue weighted by atomic mass is 9.89. The first kappa shape index (κ1) is 50.7. The Kier molecular flexibility index (Phi) is 17.9. The second-order valence-corrected chi connectivity index (χ2v) is 20.5. The predicted octanol–water partition coefficient (Wildman–Crippen LogP) is 16.6. The van der Waals surface area contributed by atoms with Crippen molar-refractivity contribution in [3.63, 3.8) is 0 Å². The standard InChI is InChI=1S/C64H82N8/c1-5-9-13-21-39-68-42-25-17-29-56(68)61-55-38-37-53(67-55)48-52-34-33-50(65-52)47-51-35-36-54(66-51)49-59-62(57-30-18-26-43-69(57)40-22-14-10-6-2)63(58-31-19-27-44-70(58)41-23-15-11-7-3)64(61)72(59)60-32-20-28-46-71(60)45-24-16-12-8-4/h17-20,25-38,42-44,46-49,56-58,60,65H,5-16,21-24,39-41,45H2,1-4H3. The minimum absolute atomic E-state index is 0.0231. The molecule has 8 heteroatoms. The van der Waals surface area contributed by atoms with Gasteiger partial charge in [-0.3, -0.25) is 0 Å². The Morgan fingerprint density at radius 2 is 0.847 bits per heavy atom. The van der Waals surface area contributed by atoms with Crippen LogP contribution in [0.25, 0.3) is 46.4 Å². The number of aromatic amines is 1. The molecule has 0 fully saturated rings. The number of hydrogen-bond donors (Lipinski definition) is 1. The molecule has 0 aliphatic carbocycles. The molecule has 8 nitrogen and oxygen atoms in total. The second-order valence-electron chi connectivity index (χ2n) is 20.5. The first-order chi connectivity index (χ1) is 35.6. The maximum absolute atomic E-state index is 5.71. The van der Waals surface area contributed by atoms with Crippen molar-refractivity contribution < 1.29 is 0 Å². The molecule has 0 aromatic carbocycles. The quantitative estimate of drug-likeness (QED) is 0.0622. The Morgan fingerprint density at radius 1 is 0.417 bits per heavy atom. The Hall–Kier alpha value is -6.28. The highest BCUT2D eigenvalue weighted by Gasteiger charge is 2.38. The van der Waals surface area contributed by atoms with Crippen LogP contribution in [-0.4, -0.2) is 65.3 Å². The van der Waals surface area contributed by atoms with E-state index in [1.807, 2.05) is 0 Å². The third-order valence-corrected chi connectivity index (χ3v) is 15.2. The number of aromatic nitrogens is 4. The number of H-pyrrole nitrogens is 1. The van der Waals surface area contributed by atoms with Crippen molar-refractivity contribution >= 4 is 46.4 Å². The van der Waals surface area contributed by atoms with Gasteiger partial charge in [0.1, 0.15) is 6.17 Å². The number of nitrogens with one attached hydrogen (secondary N) is 1. The molecule has 378 valence electrons. The van der Waals surface area contributed by atoms with E-state index in [2.05, 4.69) is 209 Å². The minimum Gasteiger partial charge on any atom is -0.367 e. The highest BCUT2D eigenvalue weighted by molar-refractivity contribution is 5.86. The highest BCUT2D eigenvalue weighted by Crippen LogP contribution is 2.48. The van der Waals surface area contributed by atoms with Gasteiger partial charge in [0, 0.05) is 60.1 Å². The van der Waals surface area contributed by atoms with Crippen LogP contribution in [0.2, 0.25) is 0 Å². The summed E-state index contributed by atoms with van der Waals surface area (Å²) < 4.78 is 2.77. The summed E-state index contributed by atoms with van der Waals surface area (Å²) in [6, 6.07) is 11.0. The third-order valence-electron chi connectivity index (χ3n) is 15.2. The summed E-state index contributed by atoms with van der Waals surface area (Å²) in [6.45, 7) is 13.1. The van der Waals surface area contributed by atoms with Crippen molar-refractivity contribution in [3.05, 3.63) is 168 Å². The summed E-state index contributed by atoms with van der Waals surface area (Å²) >= 11 is 0. The Morgan fingerprint density at radius 3 is 1.38 bits per heavy atom. The van der Waals surface area contributed by atoms with Crippen LogP contribution in [0.5, 0.6) is 0 Å². The van der Waals surface area contributed by atoms with Crippen LogP contribution in [0.3, 0.4) is 0 Å². The lowest BCUT2D eigenvalue weighted by molar-refractivity contribution is 0.252. The van der Waals surface area contributed by atoms with E-state index in [0.29, 0.717) is 0 Å². The molecule has 4 atom stereocenters. The van der Waals surface area contributed by atoms with E-state index in [-0.39, 0.29) is 24.3 Å². The van der Waals surface area contributed by atoms with Gasteiger partial charge >= 0.3 is 0 Å². The molecule has 9 heterocycles. The lowest BCUT2D eigenvalue weighted by Gasteiger charge is -2.37. The van der Waals surface area contributed by atoms with E-state index in [1.165, 1.54) is 105 Å². The molecule has 3 aromatic heterocycles. The second kappa shape index (κ2) is 25.4. The van der Waals surface area contributed by atoms with Gasteiger partial charge in [-0.2, -0.15) is 0 Å². The van der Waals surface area contributed by atoms with Crippen molar-refractivity contribution in [2.75, 3.05) is 26.2 Å². The first-order valence-corrected chi connectivity index (χ1v) is 28.2. The average molecular weight is 963 g/mol. The SMILES string of the molecule is CCCCCCN1C=CC=CC1c1c(C2C=CC=CN2CCCCCC)c2c(C3C=CC=CN3CCCCCC)c3nc(cc4ccc(cc5nc(cc1n2C1C=CC=CN1CCCCCC)C=C5)[nH]4)C=C3. The van der Waals surface area contributed by atoms with E-state index < -0.39 is 0 Å². The van der Waals surface area contributed by atoms with Gasteiger partial charge in [0.15, 0.2) is 0 Å². The van der Waals surface area contributed by atoms with Gasteiger partial charge in [-0.25, -0.2) is 9.97 Å². The molecule has 6 aliphatic heterocycles. The molecule has 9 rings (SSSR count). The number of unbranched alkanes of at least 4 members (excludes halogenated alkanes) is 12. The third kappa shape index (κ3) is 12.0. The number of nitrogens with zero attached hydrogens (tertiary/aromatic N) is 7. The van der Waals surface area contributed by atoms with E-state index in [0.717, 1.165) is 85.7 Å². The zero-order chi connectivity index (χ0) is 49.5. The first-order valence-electron chi connectivity index (χ1n) is 28.2. The molecule has 1 N–H and O–H groups in total. The van der Waals surface area contributed by atoms with Gasteiger partial charge in [-0.1, -0.05) is 147 Å². The van der Waals surface area contributed by atoms with Crippen LogP contribution < -0.4 is 0 Å². The molecule has 6 aliphatic rings. The van der Waals surface area contributed by atoms with Crippen molar-refractivity contribution in [2.45, 2.75) is 155 Å². The maximum atomic E-state index is 5.71. The predicted molar refractivity (Wildman–Crippen MR) is 306 cm³/mol. The van der Waals surface area contributed by atoms with Crippen LogP contribution in [0.1, 0.15) is 194 Å². The molecule has 0 saturated carbocycles. The van der Waals surface area contributed by atoms with Crippen molar-refractivity contribution in [3.8, 4) is 0 Å². The zero-order valence-corrected chi connectivity index (χ0v) is 44.0. The summed E-state index contributed by atoms with van der Waals surface area (Å²) in [6.07, 6.45) is 65.6. The molecule has 0 spiro atoms. The zero-order valence-electron chi connectivity index (χ0n) is 44.0. The van der Waals surface area contributed by atoms with Gasteiger partial charge in [0.25, 0.3) is 0 Å². The van der Waals surface area contributed by atoms with Crippen LogP contribution in [-0.2, 0) is 0 Å². The van der Waals surface area contributed by atoms with Gasteiger partial charge in [0.2, 0.25) is 0 Å². The Balaban J connectivity index is 1.45. The van der Waals surface area contributed by atoms with Gasteiger partial charge in [-0.05, 0) is 129 Å². The Bertz CT molecular complexity index is 2780. The minimum atomic E-state index is -0.111. The number of allylic oxidation sites excluding steroid dienone is 8. The van der Waals surface area contributed by atoms with Crippen molar-refractivity contribution in [1.29, 1.82) is 0 Å². The lowest BCUT2D eigenvalue weighted by Crippen LogP contribution is -2.31. The average Bonchev–Trinajstić information content (AvgIpc) is 4.23. The smallest absolute Gasteiger partial charge is 0.125 e. The molecule has 0 amide bonds. The molecule has 8 bridgehead atoms. The van der Waals surface area contributed by atoms with Crippen LogP contribution in [0.4, 0.5) is 0 Å². The molecule has 72 heavy (non-hydrogen) atoms. The van der Waals surface area contributed by atoms with E-state index in [9.17, 15) is 0 Å². The fourth-order valence-corrected chi connectivity index (χ4v) is 11.5. The van der Waals surface area contributed by atoms with Gasteiger partial charge in [-0.15, -0.1) is 0 Å². The molecular formula is C64H82N8. The van der Waals surface area contributed by atoms with Gasteiger partial charge in [0.05, 0.1) is 51.9 Å². The number of hydrogen-bond acceptors (Lipinski definition) is 6. The number of rotatable bonds is 24. The van der Waals surface area contributed by atoms with Crippen LogP contribution >= 0.6 is 0 Å². The van der Waals surface area contributed by atoms with Crippen molar-refractivity contribution in [1.82, 2.24) is 39.1 Å². The van der Waals surface area contributed by atoms with Crippen molar-refractivity contribution in [2.24, 2.45) is 0 Å². The summed E-state index contributed by atoms with van der Waals surface area (Å²) in [7, 11) is 0. The molecule has 3 aromatic rings. The molecular weight excluding hydrogens is 881 g/mol. The largest absolute Gasteiger partial charge is 0.367 e. The summed E-state index contributed by atoms with van der Waals surface area (Å²) in [5.74, 6) is 0. The topological polar surface area (TPSA) is 59.5 Å². The van der Waals surface area contributed by atoms with Gasteiger partial charge < -0.3 is 29.2 Å². The van der Waals surface area contributed by atoms with E-state index in [4.69, 9.17) is 9.97 Å². The normalized spacial score (nSPS) is 19.8. The van der Waals surface area contributed by atoms with E-state index >= 15 is 0 Å². The summed E-state index contributed by atoms with van der Waals surface area (Å²) in [5.41, 5.74) is 12.4. The molecule has 0 saturated heterocycles. The van der Waals surface area contributed by atoms with E-state index in [1.54, 1.807) is 0 Å². The Labute approximate surface area is 432 Å². The maximum Gasteiger partial charge on any atom is 0.125 e. The summed E-state index contributed by atoms with van der Waals surface area (Å²) in [5, 5.41) is 0. The van der Waals surface area contributed by atoms with Crippen LogP contribution in [0, 0.1) is 0 Å². The highest BCUT2D eigenvalue weighted by atomic mass is 15.3. The van der Waals surface area contributed by atoms with Crippen LogP contribution in [0.15, 0.2) is 128 Å². The fourth-order valence-electron chi connectivity index (χ4n) is 11.5. The molecule has 4 unspecified atom stereocenters. The number of fused-ring (bicyclic) bond motifs is 8. The molecule has 0 radical (unpaired) electrons. The fraction of sp³-hybridized carbons (Fsp3) is 0.438.